The minimum absolute atomic E-state index is 0.470. The summed E-state index contributed by atoms with van der Waals surface area (Å²) in [6, 6.07) is 0.470. The van der Waals surface area contributed by atoms with E-state index in [0.717, 1.165) is 13.0 Å². The van der Waals surface area contributed by atoms with Crippen LogP contribution in [0.5, 0.6) is 0 Å². The van der Waals surface area contributed by atoms with Gasteiger partial charge in [-0.25, -0.2) is 0 Å². The molecular weight excluding hydrogens is 174 g/mol. The Labute approximate surface area is 86.5 Å². The third-order valence-corrected chi connectivity index (χ3v) is 2.82. The Kier molecular flexibility index (Phi) is 3.69. The van der Waals surface area contributed by atoms with Crippen LogP contribution in [-0.2, 0) is 13.0 Å². The van der Waals surface area contributed by atoms with Crippen molar-refractivity contribution in [1.82, 2.24) is 15.1 Å². The van der Waals surface area contributed by atoms with Crippen LogP contribution < -0.4 is 5.32 Å². The summed E-state index contributed by atoms with van der Waals surface area (Å²) in [6.07, 6.45) is 1.08. The van der Waals surface area contributed by atoms with Crippen LogP contribution in [0.25, 0.3) is 0 Å². The van der Waals surface area contributed by atoms with Crippen molar-refractivity contribution in [2.24, 2.45) is 0 Å². The highest BCUT2D eigenvalue weighted by Crippen LogP contribution is 2.13. The standard InChI is InChI=1S/C11H21N3/c1-6-11-9(3)13-14(10(11)4)7-8(2)12-5/h8,12H,6-7H2,1-5H3. The number of nitrogens with zero attached hydrogens (tertiary/aromatic N) is 2. The van der Waals surface area contributed by atoms with Gasteiger partial charge in [0.15, 0.2) is 0 Å². The molecule has 3 nitrogen and oxygen atoms in total. The molecule has 0 fully saturated rings. The maximum atomic E-state index is 4.55. The van der Waals surface area contributed by atoms with Crippen molar-refractivity contribution >= 4 is 0 Å². The first-order valence-corrected chi connectivity index (χ1v) is 5.30. The van der Waals surface area contributed by atoms with Crippen LogP contribution in [0.4, 0.5) is 0 Å². The van der Waals surface area contributed by atoms with Crippen LogP contribution >= 0.6 is 0 Å². The minimum atomic E-state index is 0.470. The smallest absolute Gasteiger partial charge is 0.0628 e. The summed E-state index contributed by atoms with van der Waals surface area (Å²) in [5, 5.41) is 7.77. The van der Waals surface area contributed by atoms with Crippen molar-refractivity contribution in [2.75, 3.05) is 7.05 Å². The molecule has 0 bridgehead atoms. The Bertz CT molecular complexity index is 302. The van der Waals surface area contributed by atoms with E-state index in [-0.39, 0.29) is 0 Å². The lowest BCUT2D eigenvalue weighted by atomic mass is 10.1. The zero-order valence-electron chi connectivity index (χ0n) is 9.89. The fourth-order valence-corrected chi connectivity index (χ4v) is 1.77. The summed E-state index contributed by atoms with van der Waals surface area (Å²) < 4.78 is 2.11. The van der Waals surface area contributed by atoms with Crippen molar-refractivity contribution in [3.8, 4) is 0 Å². The van der Waals surface area contributed by atoms with E-state index < -0.39 is 0 Å². The monoisotopic (exact) mass is 195 g/mol. The Morgan fingerprint density at radius 1 is 1.43 bits per heavy atom. The minimum Gasteiger partial charge on any atom is -0.315 e. The zero-order valence-corrected chi connectivity index (χ0v) is 9.89. The molecule has 1 rings (SSSR count). The van der Waals surface area contributed by atoms with E-state index in [2.05, 4.69) is 42.8 Å². The summed E-state index contributed by atoms with van der Waals surface area (Å²) in [5.41, 5.74) is 3.88. The summed E-state index contributed by atoms with van der Waals surface area (Å²) in [4.78, 5) is 0. The number of rotatable bonds is 4. The molecule has 1 N–H and O–H groups in total. The van der Waals surface area contributed by atoms with Gasteiger partial charge in [0.2, 0.25) is 0 Å². The molecule has 1 aromatic heterocycles. The van der Waals surface area contributed by atoms with Crippen molar-refractivity contribution in [3.63, 3.8) is 0 Å². The van der Waals surface area contributed by atoms with E-state index in [0.29, 0.717) is 6.04 Å². The summed E-state index contributed by atoms with van der Waals surface area (Å²) in [7, 11) is 1.98. The van der Waals surface area contributed by atoms with Crippen LogP contribution in [0.3, 0.4) is 0 Å². The highest BCUT2D eigenvalue weighted by atomic mass is 15.3. The van der Waals surface area contributed by atoms with Gasteiger partial charge in [0.1, 0.15) is 0 Å². The van der Waals surface area contributed by atoms with Gasteiger partial charge in [-0.1, -0.05) is 6.92 Å². The largest absolute Gasteiger partial charge is 0.315 e. The van der Waals surface area contributed by atoms with E-state index in [9.17, 15) is 0 Å². The average Bonchev–Trinajstić information content (AvgIpc) is 2.42. The number of aromatic nitrogens is 2. The predicted octanol–water partition coefficient (Wildman–Crippen LogP) is 1.67. The molecule has 0 spiro atoms. The fraction of sp³-hybridized carbons (Fsp3) is 0.727. The van der Waals surface area contributed by atoms with Gasteiger partial charge >= 0.3 is 0 Å². The van der Waals surface area contributed by atoms with E-state index in [1.54, 1.807) is 0 Å². The third-order valence-electron chi connectivity index (χ3n) is 2.82. The molecule has 0 aliphatic carbocycles. The summed E-state index contributed by atoms with van der Waals surface area (Å²) in [5.74, 6) is 0. The lowest BCUT2D eigenvalue weighted by molar-refractivity contribution is 0.472. The van der Waals surface area contributed by atoms with E-state index in [4.69, 9.17) is 0 Å². The quantitative estimate of drug-likeness (QED) is 0.792. The van der Waals surface area contributed by atoms with Gasteiger partial charge in [-0.05, 0) is 39.8 Å². The van der Waals surface area contributed by atoms with Gasteiger partial charge in [-0.15, -0.1) is 0 Å². The van der Waals surface area contributed by atoms with Gasteiger partial charge in [0, 0.05) is 11.7 Å². The second-order valence-corrected chi connectivity index (χ2v) is 3.87. The van der Waals surface area contributed by atoms with Crippen molar-refractivity contribution in [3.05, 3.63) is 17.0 Å². The molecule has 1 atom stereocenters. The van der Waals surface area contributed by atoms with Crippen LogP contribution in [0, 0.1) is 13.8 Å². The fourth-order valence-electron chi connectivity index (χ4n) is 1.77. The lowest BCUT2D eigenvalue weighted by Gasteiger charge is -2.11. The van der Waals surface area contributed by atoms with Crippen molar-refractivity contribution in [1.29, 1.82) is 0 Å². The molecule has 3 heteroatoms. The first kappa shape index (κ1) is 11.2. The lowest BCUT2D eigenvalue weighted by Crippen LogP contribution is -2.27. The van der Waals surface area contributed by atoms with Gasteiger partial charge in [0.05, 0.1) is 12.2 Å². The number of likely N-dealkylation sites (N-methyl/N-ethyl adjacent to an activating group) is 1. The molecule has 80 valence electrons. The van der Waals surface area contributed by atoms with E-state index in [1.807, 2.05) is 7.05 Å². The Morgan fingerprint density at radius 3 is 2.50 bits per heavy atom. The SMILES string of the molecule is CCc1c(C)nn(CC(C)NC)c1C. The summed E-state index contributed by atoms with van der Waals surface area (Å²) in [6.45, 7) is 9.54. The Morgan fingerprint density at radius 2 is 2.07 bits per heavy atom. The Balaban J connectivity index is 2.88. The van der Waals surface area contributed by atoms with Gasteiger partial charge < -0.3 is 5.32 Å². The number of hydrogen-bond acceptors (Lipinski definition) is 2. The van der Waals surface area contributed by atoms with Gasteiger partial charge in [0.25, 0.3) is 0 Å². The molecule has 0 amide bonds. The van der Waals surface area contributed by atoms with Gasteiger partial charge in [-0.3, -0.25) is 4.68 Å². The second-order valence-electron chi connectivity index (χ2n) is 3.87. The van der Waals surface area contributed by atoms with Crippen LogP contribution in [0.2, 0.25) is 0 Å². The van der Waals surface area contributed by atoms with E-state index in [1.165, 1.54) is 17.0 Å². The first-order chi connectivity index (χ1) is 6.60. The van der Waals surface area contributed by atoms with Crippen LogP contribution in [-0.4, -0.2) is 22.9 Å². The normalized spacial score (nSPS) is 13.2. The van der Waals surface area contributed by atoms with Gasteiger partial charge in [-0.2, -0.15) is 5.10 Å². The zero-order chi connectivity index (χ0) is 10.7. The van der Waals surface area contributed by atoms with Crippen LogP contribution in [0.15, 0.2) is 0 Å². The van der Waals surface area contributed by atoms with Crippen LogP contribution in [0.1, 0.15) is 30.8 Å². The molecule has 0 radical (unpaired) electrons. The van der Waals surface area contributed by atoms with Crippen molar-refractivity contribution < 1.29 is 0 Å². The molecule has 1 heterocycles. The molecule has 1 aromatic rings. The number of aryl methyl sites for hydroxylation is 1. The maximum absolute atomic E-state index is 4.55. The van der Waals surface area contributed by atoms with E-state index >= 15 is 0 Å². The first-order valence-electron chi connectivity index (χ1n) is 5.30. The van der Waals surface area contributed by atoms with Crippen molar-refractivity contribution in [2.45, 2.75) is 46.7 Å². The third kappa shape index (κ3) is 2.15. The molecule has 1 unspecified atom stereocenters. The molecule has 0 saturated carbocycles. The highest BCUT2D eigenvalue weighted by Gasteiger charge is 2.10. The molecule has 0 aliphatic rings. The second kappa shape index (κ2) is 4.60. The topological polar surface area (TPSA) is 29.9 Å². The summed E-state index contributed by atoms with van der Waals surface area (Å²) >= 11 is 0. The number of nitrogens with one attached hydrogen (secondary N) is 1. The molecule has 0 aromatic carbocycles. The molecule has 14 heavy (non-hydrogen) atoms. The molecular formula is C11H21N3. The maximum Gasteiger partial charge on any atom is 0.0628 e. The Hall–Kier alpha value is -0.830. The molecule has 0 saturated heterocycles. The highest BCUT2D eigenvalue weighted by molar-refractivity contribution is 5.24. The predicted molar refractivity (Wildman–Crippen MR) is 59.6 cm³/mol. The molecule has 0 aliphatic heterocycles. The average molecular weight is 195 g/mol. The number of hydrogen-bond donors (Lipinski definition) is 1.